The van der Waals surface area contributed by atoms with Gasteiger partial charge in [-0.05, 0) is 31.1 Å². The Kier molecular flexibility index (Phi) is 11.2. The van der Waals surface area contributed by atoms with E-state index >= 15 is 0 Å². The molecule has 0 aromatic heterocycles. The topological polar surface area (TPSA) is 32.8 Å². The second kappa shape index (κ2) is 13.2. The molecule has 1 saturated heterocycles. The number of ether oxygens (including phenoxy) is 1. The molecule has 0 spiro atoms. The summed E-state index contributed by atoms with van der Waals surface area (Å²) in [5.74, 6) is 0.806. The average molecular weight is 373 g/mol. The van der Waals surface area contributed by atoms with Gasteiger partial charge < -0.3 is 9.64 Å². The molecule has 4 heteroatoms. The van der Waals surface area contributed by atoms with Crippen molar-refractivity contribution in [3.8, 4) is 5.75 Å². The van der Waals surface area contributed by atoms with E-state index in [1.165, 1.54) is 11.1 Å². The molecule has 4 nitrogen and oxygen atoms in total. The number of benzene rings is 1. The fourth-order valence-electron chi connectivity index (χ4n) is 2.83. The third-order valence-corrected chi connectivity index (χ3v) is 4.47. The number of carbonyl (C=O) groups excluding carboxylic acids is 1. The van der Waals surface area contributed by atoms with E-state index < -0.39 is 0 Å². The Morgan fingerprint density at radius 2 is 1.78 bits per heavy atom. The predicted octanol–water partition coefficient (Wildman–Crippen LogP) is 4.46. The van der Waals surface area contributed by atoms with Crippen LogP contribution in [0.1, 0.15) is 39.2 Å². The van der Waals surface area contributed by atoms with Crippen molar-refractivity contribution in [3.63, 3.8) is 0 Å². The first-order valence-corrected chi connectivity index (χ1v) is 10.1. The van der Waals surface area contributed by atoms with Gasteiger partial charge in [-0.2, -0.15) is 0 Å². The summed E-state index contributed by atoms with van der Waals surface area (Å²) in [6.45, 7) is 16.5. The highest BCUT2D eigenvalue weighted by molar-refractivity contribution is 5.77. The Bertz CT molecular complexity index is 585. The van der Waals surface area contributed by atoms with Crippen LogP contribution < -0.4 is 4.74 Å². The number of unbranched alkanes of at least 4 members (excludes halogenated alkanes) is 1. The van der Waals surface area contributed by atoms with E-state index in [2.05, 4.69) is 24.5 Å². The zero-order valence-electron chi connectivity index (χ0n) is 17.5. The smallest absolute Gasteiger partial charge is 0.260 e. The van der Waals surface area contributed by atoms with Crippen LogP contribution in [0.15, 0.2) is 48.6 Å². The molecule has 2 rings (SSSR count). The second-order valence-electron chi connectivity index (χ2n) is 6.53. The normalized spacial score (nSPS) is 15.0. The molecule has 0 atom stereocenters. The zero-order valence-corrected chi connectivity index (χ0v) is 17.5. The number of hydrogen-bond donors (Lipinski definition) is 0. The predicted molar refractivity (Wildman–Crippen MR) is 114 cm³/mol. The molecule has 1 aliphatic heterocycles. The van der Waals surface area contributed by atoms with Gasteiger partial charge in [0.1, 0.15) is 5.75 Å². The molecule has 1 aromatic rings. The molecule has 0 radical (unpaired) electrons. The highest BCUT2D eigenvalue weighted by atomic mass is 16.5. The fourth-order valence-corrected chi connectivity index (χ4v) is 2.83. The summed E-state index contributed by atoms with van der Waals surface area (Å²) < 4.78 is 5.60. The summed E-state index contributed by atoms with van der Waals surface area (Å²) in [7, 11) is 0. The Balaban J connectivity index is 0.00000176. The fraction of sp³-hybridized carbons (Fsp3) is 0.522. The Hall–Kier alpha value is -2.07. The van der Waals surface area contributed by atoms with Crippen molar-refractivity contribution in [1.29, 1.82) is 0 Å². The van der Waals surface area contributed by atoms with Gasteiger partial charge in [-0.15, -0.1) is 0 Å². The molecule has 1 fully saturated rings. The summed E-state index contributed by atoms with van der Waals surface area (Å²) in [4.78, 5) is 16.6. The molecule has 1 aliphatic rings. The van der Waals surface area contributed by atoms with Crippen molar-refractivity contribution in [2.24, 2.45) is 0 Å². The molecule has 1 amide bonds. The van der Waals surface area contributed by atoms with Crippen LogP contribution in [0, 0.1) is 6.92 Å². The van der Waals surface area contributed by atoms with Crippen molar-refractivity contribution in [3.05, 3.63) is 54.1 Å². The van der Waals surface area contributed by atoms with E-state index in [0.717, 1.165) is 51.3 Å². The van der Waals surface area contributed by atoms with Crippen LogP contribution in [0.5, 0.6) is 5.75 Å². The Morgan fingerprint density at radius 3 is 2.33 bits per heavy atom. The van der Waals surface area contributed by atoms with Crippen LogP contribution in [-0.2, 0) is 4.79 Å². The van der Waals surface area contributed by atoms with Gasteiger partial charge in [-0.3, -0.25) is 9.69 Å². The van der Waals surface area contributed by atoms with Crippen molar-refractivity contribution in [2.45, 2.75) is 40.5 Å². The minimum absolute atomic E-state index is 0.0608. The minimum atomic E-state index is 0.0608. The molecule has 27 heavy (non-hydrogen) atoms. The molecule has 0 unspecified atom stereocenters. The largest absolute Gasteiger partial charge is 0.484 e. The molecule has 0 N–H and O–H groups in total. The second-order valence-corrected chi connectivity index (χ2v) is 6.53. The van der Waals surface area contributed by atoms with Crippen molar-refractivity contribution in [1.82, 2.24) is 9.80 Å². The summed E-state index contributed by atoms with van der Waals surface area (Å²) in [6.07, 6.45) is 6.46. The van der Waals surface area contributed by atoms with Gasteiger partial charge in [0.05, 0.1) is 0 Å². The number of aryl methyl sites for hydroxylation is 1. The van der Waals surface area contributed by atoms with Crippen LogP contribution in [0.4, 0.5) is 0 Å². The lowest BCUT2D eigenvalue weighted by molar-refractivity contribution is -0.135. The van der Waals surface area contributed by atoms with Gasteiger partial charge in [0.15, 0.2) is 6.61 Å². The third kappa shape index (κ3) is 8.44. The van der Waals surface area contributed by atoms with Gasteiger partial charge in [-0.1, -0.05) is 63.6 Å². The van der Waals surface area contributed by atoms with E-state index in [9.17, 15) is 4.79 Å². The van der Waals surface area contributed by atoms with Crippen molar-refractivity contribution in [2.75, 3.05) is 39.3 Å². The van der Waals surface area contributed by atoms with E-state index in [1.54, 1.807) is 0 Å². The summed E-state index contributed by atoms with van der Waals surface area (Å²) in [6, 6.07) is 7.78. The maximum Gasteiger partial charge on any atom is 0.260 e. The molecule has 0 saturated carbocycles. The van der Waals surface area contributed by atoms with E-state index in [-0.39, 0.29) is 12.5 Å². The van der Waals surface area contributed by atoms with Crippen LogP contribution in [-0.4, -0.2) is 55.0 Å². The summed E-state index contributed by atoms with van der Waals surface area (Å²) >= 11 is 0. The highest BCUT2D eigenvalue weighted by Gasteiger charge is 2.21. The third-order valence-electron chi connectivity index (χ3n) is 4.47. The summed E-state index contributed by atoms with van der Waals surface area (Å²) in [5, 5.41) is 0. The standard InChI is InChI=1S/C21H30N2O2.C2H6/c1-4-6-7-19(5-2)16-22-12-14-23(15-13-22)21(24)17-25-20-10-8-18(3)9-11-20;1-2/h5,7-11H,2,4,6,12-17H2,1,3H3;1-2H3/b19-7+;. The Morgan fingerprint density at radius 1 is 1.15 bits per heavy atom. The van der Waals surface area contributed by atoms with Crippen molar-refractivity contribution >= 4 is 5.91 Å². The van der Waals surface area contributed by atoms with E-state index in [4.69, 9.17) is 4.74 Å². The highest BCUT2D eigenvalue weighted by Crippen LogP contribution is 2.12. The number of amides is 1. The lowest BCUT2D eigenvalue weighted by Crippen LogP contribution is -2.50. The monoisotopic (exact) mass is 372 g/mol. The molecule has 1 heterocycles. The summed E-state index contributed by atoms with van der Waals surface area (Å²) in [5.41, 5.74) is 2.46. The first-order chi connectivity index (χ1) is 13.1. The maximum absolute atomic E-state index is 12.3. The molecule has 1 aromatic carbocycles. The lowest BCUT2D eigenvalue weighted by atomic mass is 10.1. The number of nitrogens with zero attached hydrogens (tertiary/aromatic N) is 2. The zero-order chi connectivity index (χ0) is 20.1. The van der Waals surface area contributed by atoms with Gasteiger partial charge in [0.25, 0.3) is 5.91 Å². The van der Waals surface area contributed by atoms with E-state index in [1.807, 2.05) is 56.0 Å². The minimum Gasteiger partial charge on any atom is -0.484 e. The number of piperazine rings is 1. The molecular formula is C23H36N2O2. The molecular weight excluding hydrogens is 336 g/mol. The maximum atomic E-state index is 12.3. The number of rotatable bonds is 8. The molecule has 0 bridgehead atoms. The quantitative estimate of drug-likeness (QED) is 0.632. The average Bonchev–Trinajstić information content (AvgIpc) is 2.72. The number of hydrogen-bond acceptors (Lipinski definition) is 3. The van der Waals surface area contributed by atoms with Crippen LogP contribution in [0.2, 0.25) is 0 Å². The number of carbonyl (C=O) groups is 1. The first kappa shape index (κ1) is 23.0. The first-order valence-electron chi connectivity index (χ1n) is 10.1. The van der Waals surface area contributed by atoms with Crippen molar-refractivity contribution < 1.29 is 9.53 Å². The van der Waals surface area contributed by atoms with Crippen LogP contribution >= 0.6 is 0 Å². The van der Waals surface area contributed by atoms with Gasteiger partial charge in [0, 0.05) is 32.7 Å². The van der Waals surface area contributed by atoms with Gasteiger partial charge in [-0.25, -0.2) is 0 Å². The van der Waals surface area contributed by atoms with E-state index in [0.29, 0.717) is 0 Å². The SMILES string of the molecule is C=C/C(=C\CCC)CN1CCN(C(=O)COc2ccc(C)cc2)CC1.CC. The van der Waals surface area contributed by atoms with Crippen LogP contribution in [0.25, 0.3) is 0 Å². The van der Waals surface area contributed by atoms with Gasteiger partial charge >= 0.3 is 0 Å². The molecule has 0 aliphatic carbocycles. The Labute approximate surface area is 165 Å². The van der Waals surface area contributed by atoms with Gasteiger partial charge in [0.2, 0.25) is 0 Å². The molecule has 150 valence electrons. The lowest BCUT2D eigenvalue weighted by Gasteiger charge is -2.34. The number of allylic oxidation sites excluding steroid dienone is 1. The van der Waals surface area contributed by atoms with Crippen LogP contribution in [0.3, 0.4) is 0 Å².